The van der Waals surface area contributed by atoms with Crippen molar-refractivity contribution in [3.8, 4) is 0 Å². The third-order valence-electron chi connectivity index (χ3n) is 3.81. The predicted octanol–water partition coefficient (Wildman–Crippen LogP) is 3.10. The molecule has 0 unspecified atom stereocenters. The van der Waals surface area contributed by atoms with Crippen molar-refractivity contribution >= 4 is 24.0 Å². The number of hydrogen-bond acceptors (Lipinski definition) is 1. The fourth-order valence-corrected chi connectivity index (χ4v) is 3.10. The molecule has 2 fully saturated rings. The van der Waals surface area contributed by atoms with Crippen LogP contribution in [0.1, 0.15) is 12.0 Å². The molecule has 16 heavy (non-hydrogen) atoms. The van der Waals surface area contributed by atoms with E-state index < -0.39 is 0 Å². The number of benzene rings is 1. The Bertz CT molecular complexity index is 423. The minimum atomic E-state index is -0.288. The topological polar surface area (TPSA) is 3.24 Å². The van der Waals surface area contributed by atoms with Crippen LogP contribution >= 0.6 is 24.0 Å². The lowest BCUT2D eigenvalue weighted by Gasteiger charge is -2.16. The number of halogens is 3. The van der Waals surface area contributed by atoms with Crippen molar-refractivity contribution in [2.24, 2.45) is 5.92 Å². The predicted molar refractivity (Wildman–Crippen MR) is 65.9 cm³/mol. The minimum Gasteiger partial charge on any atom is -0.305 e. The number of rotatable bonds is 1. The lowest BCUT2D eigenvalue weighted by atomic mass is 9.95. The Morgan fingerprint density at radius 3 is 2.81 bits per heavy atom. The van der Waals surface area contributed by atoms with Crippen LogP contribution in [-0.2, 0) is 5.41 Å². The highest BCUT2D eigenvalue weighted by molar-refractivity contribution is 6.30. The van der Waals surface area contributed by atoms with Crippen LogP contribution in [0.5, 0.6) is 0 Å². The van der Waals surface area contributed by atoms with Crippen molar-refractivity contribution in [1.82, 2.24) is 4.90 Å². The number of nitrogens with zero attached hydrogens (tertiary/aromatic N) is 1. The maximum atomic E-state index is 13.4. The van der Waals surface area contributed by atoms with Crippen LogP contribution < -0.4 is 0 Å². The lowest BCUT2D eigenvalue weighted by molar-refractivity contribution is 0.363. The first-order valence-corrected chi connectivity index (χ1v) is 5.64. The zero-order valence-electron chi connectivity index (χ0n) is 9.04. The molecule has 0 N–H and O–H groups in total. The van der Waals surface area contributed by atoms with Gasteiger partial charge in [0.05, 0.1) is 5.02 Å². The quantitative estimate of drug-likeness (QED) is 0.751. The molecule has 4 heteroatoms. The molecule has 0 bridgehead atoms. The van der Waals surface area contributed by atoms with E-state index in [-0.39, 0.29) is 28.7 Å². The van der Waals surface area contributed by atoms with Crippen LogP contribution in [0, 0.1) is 11.7 Å². The molecule has 1 aliphatic heterocycles. The first kappa shape index (κ1) is 12.2. The van der Waals surface area contributed by atoms with Crippen LogP contribution in [0.3, 0.4) is 0 Å². The molecule has 3 rings (SSSR count). The van der Waals surface area contributed by atoms with Gasteiger partial charge >= 0.3 is 0 Å². The number of hydrogen-bond donors (Lipinski definition) is 0. The normalized spacial score (nSPS) is 32.1. The fourth-order valence-electron chi connectivity index (χ4n) is 2.99. The second kappa shape index (κ2) is 3.86. The maximum absolute atomic E-state index is 13.4. The van der Waals surface area contributed by atoms with E-state index in [4.69, 9.17) is 11.6 Å². The van der Waals surface area contributed by atoms with Crippen molar-refractivity contribution < 1.29 is 4.39 Å². The standard InChI is InChI=1S/C12H13ClFN.ClH/c1-15-6-9-5-12(9,7-15)8-2-3-10(13)11(14)4-8;/h2-4,9H,5-7H2,1H3;1H/t9-,12+;/m1./s1. The van der Waals surface area contributed by atoms with E-state index in [9.17, 15) is 4.39 Å². The van der Waals surface area contributed by atoms with Crippen molar-refractivity contribution in [3.63, 3.8) is 0 Å². The Morgan fingerprint density at radius 2 is 2.25 bits per heavy atom. The molecule has 0 spiro atoms. The first-order valence-electron chi connectivity index (χ1n) is 5.26. The van der Waals surface area contributed by atoms with Crippen LogP contribution in [-0.4, -0.2) is 25.0 Å². The Hall–Kier alpha value is -0.310. The molecule has 1 saturated carbocycles. The van der Waals surface area contributed by atoms with E-state index in [2.05, 4.69) is 11.9 Å². The van der Waals surface area contributed by atoms with E-state index in [0.717, 1.165) is 24.6 Å². The van der Waals surface area contributed by atoms with Gasteiger partial charge in [-0.05, 0) is 37.1 Å². The maximum Gasteiger partial charge on any atom is 0.142 e. The summed E-state index contributed by atoms with van der Waals surface area (Å²) < 4.78 is 13.4. The highest BCUT2D eigenvalue weighted by Crippen LogP contribution is 2.58. The Morgan fingerprint density at radius 1 is 1.50 bits per heavy atom. The Balaban J connectivity index is 0.000000963. The average molecular weight is 262 g/mol. The summed E-state index contributed by atoms with van der Waals surface area (Å²) in [6, 6.07) is 5.26. The summed E-state index contributed by atoms with van der Waals surface area (Å²) in [6.07, 6.45) is 1.21. The van der Waals surface area contributed by atoms with Crippen molar-refractivity contribution in [2.45, 2.75) is 11.8 Å². The van der Waals surface area contributed by atoms with Gasteiger partial charge in [-0.3, -0.25) is 0 Å². The highest BCUT2D eigenvalue weighted by atomic mass is 35.5. The third-order valence-corrected chi connectivity index (χ3v) is 4.12. The molecule has 0 radical (unpaired) electrons. The zero-order valence-corrected chi connectivity index (χ0v) is 10.6. The van der Waals surface area contributed by atoms with Gasteiger partial charge < -0.3 is 4.90 Å². The Labute approximate surface area is 106 Å². The van der Waals surface area contributed by atoms with Crippen LogP contribution in [0.25, 0.3) is 0 Å². The van der Waals surface area contributed by atoms with E-state index >= 15 is 0 Å². The van der Waals surface area contributed by atoms with Gasteiger partial charge in [-0.15, -0.1) is 12.4 Å². The van der Waals surface area contributed by atoms with Crippen molar-refractivity contribution in [1.29, 1.82) is 0 Å². The van der Waals surface area contributed by atoms with Crippen molar-refractivity contribution in [2.75, 3.05) is 20.1 Å². The number of fused-ring (bicyclic) bond motifs is 1. The second-order valence-corrected chi connectivity index (χ2v) is 5.29. The zero-order chi connectivity index (χ0) is 10.6. The van der Waals surface area contributed by atoms with Gasteiger partial charge in [0, 0.05) is 18.5 Å². The lowest BCUT2D eigenvalue weighted by Crippen LogP contribution is -2.22. The minimum absolute atomic E-state index is 0. The van der Waals surface area contributed by atoms with Gasteiger partial charge in [0.15, 0.2) is 0 Å². The summed E-state index contributed by atoms with van der Waals surface area (Å²) in [7, 11) is 2.13. The van der Waals surface area contributed by atoms with Gasteiger partial charge in [0.2, 0.25) is 0 Å². The molecule has 1 saturated heterocycles. The Kier molecular flexibility index (Phi) is 2.94. The van der Waals surface area contributed by atoms with E-state index in [1.807, 2.05) is 6.07 Å². The molecule has 0 amide bonds. The molecular weight excluding hydrogens is 248 g/mol. The third kappa shape index (κ3) is 1.64. The molecule has 2 atom stereocenters. The van der Waals surface area contributed by atoms with Crippen LogP contribution in [0.4, 0.5) is 4.39 Å². The molecule has 1 aliphatic carbocycles. The van der Waals surface area contributed by atoms with E-state index in [0.29, 0.717) is 0 Å². The van der Waals surface area contributed by atoms with Gasteiger partial charge in [-0.1, -0.05) is 17.7 Å². The molecular formula is C12H14Cl2FN. The van der Waals surface area contributed by atoms with E-state index in [1.165, 1.54) is 6.42 Å². The average Bonchev–Trinajstić information content (AvgIpc) is 2.75. The molecule has 1 aromatic carbocycles. The second-order valence-electron chi connectivity index (χ2n) is 4.88. The summed E-state index contributed by atoms with van der Waals surface area (Å²) in [4.78, 5) is 2.32. The summed E-state index contributed by atoms with van der Waals surface area (Å²) in [5, 5.41) is 0.221. The highest BCUT2D eigenvalue weighted by Gasteiger charge is 2.59. The van der Waals surface area contributed by atoms with Crippen molar-refractivity contribution in [3.05, 3.63) is 34.6 Å². The van der Waals surface area contributed by atoms with E-state index in [1.54, 1.807) is 12.1 Å². The molecule has 1 nitrogen and oxygen atoms in total. The smallest absolute Gasteiger partial charge is 0.142 e. The monoisotopic (exact) mass is 261 g/mol. The number of likely N-dealkylation sites (N-methyl/N-ethyl adjacent to an activating group) is 1. The molecule has 1 aromatic rings. The van der Waals surface area contributed by atoms with Crippen LogP contribution in [0.2, 0.25) is 5.02 Å². The summed E-state index contributed by atoms with van der Waals surface area (Å²) in [5.74, 6) is 0.437. The first-order chi connectivity index (χ1) is 7.12. The largest absolute Gasteiger partial charge is 0.305 e. The van der Waals surface area contributed by atoms with Gasteiger partial charge in [-0.25, -0.2) is 4.39 Å². The summed E-state index contributed by atoms with van der Waals surface area (Å²) >= 11 is 5.69. The van der Waals surface area contributed by atoms with Gasteiger partial charge in [-0.2, -0.15) is 0 Å². The molecule has 2 aliphatic rings. The molecule has 88 valence electrons. The number of piperidine rings is 1. The molecule has 0 aromatic heterocycles. The van der Waals surface area contributed by atoms with Crippen LogP contribution in [0.15, 0.2) is 18.2 Å². The SMILES string of the molecule is CN1C[C@H]2C[C@@]2(c2ccc(Cl)c(F)c2)C1.Cl. The van der Waals surface area contributed by atoms with Gasteiger partial charge in [0.1, 0.15) is 5.82 Å². The van der Waals surface area contributed by atoms with Gasteiger partial charge in [0.25, 0.3) is 0 Å². The summed E-state index contributed by atoms with van der Waals surface area (Å²) in [5.41, 5.74) is 1.36. The molecule has 1 heterocycles. The fraction of sp³-hybridized carbons (Fsp3) is 0.500. The summed E-state index contributed by atoms with van der Waals surface area (Å²) in [6.45, 7) is 2.20. The number of likely N-dealkylation sites (tertiary alicyclic amines) is 1.